The molecule has 0 fully saturated rings. The van der Waals surface area contributed by atoms with Gasteiger partial charge < -0.3 is 15.0 Å². The molecule has 2 rings (SSSR count). The summed E-state index contributed by atoms with van der Waals surface area (Å²) < 4.78 is 5.55. The Kier molecular flexibility index (Phi) is 8.12. The third-order valence-electron chi connectivity index (χ3n) is 4.39. The van der Waals surface area contributed by atoms with E-state index in [0.29, 0.717) is 19.0 Å². The first kappa shape index (κ1) is 23.8. The minimum Gasteiger partial charge on any atom is -0.458 e. The minimum absolute atomic E-state index is 0.00929. The van der Waals surface area contributed by atoms with Crippen LogP contribution >= 0.6 is 0 Å². The van der Waals surface area contributed by atoms with Crippen LogP contribution in [0.25, 0.3) is 0 Å². The molecule has 2 aromatic rings. The lowest BCUT2D eigenvalue weighted by Gasteiger charge is -2.25. The second kappa shape index (κ2) is 10.6. The Morgan fingerprint density at radius 1 is 1.13 bits per heavy atom. The Morgan fingerprint density at radius 2 is 1.77 bits per heavy atom. The third kappa shape index (κ3) is 6.80. The van der Waals surface area contributed by atoms with Crippen molar-refractivity contribution in [2.24, 2.45) is 10.4 Å². The predicted octanol–water partition coefficient (Wildman–Crippen LogP) is 4.48. The van der Waals surface area contributed by atoms with E-state index < -0.39 is 17.6 Å². The van der Waals surface area contributed by atoms with E-state index in [9.17, 15) is 14.6 Å². The second-order valence-electron chi connectivity index (χ2n) is 7.86. The third-order valence-corrected chi connectivity index (χ3v) is 4.39. The number of hydrogen-bond acceptors (Lipinski definition) is 10. The molecule has 1 atom stereocenters. The van der Waals surface area contributed by atoms with Gasteiger partial charge in [-0.15, -0.1) is 9.81 Å². The van der Waals surface area contributed by atoms with Crippen LogP contribution in [-0.2, 0) is 16.0 Å². The van der Waals surface area contributed by atoms with Crippen LogP contribution in [-0.4, -0.2) is 40.7 Å². The summed E-state index contributed by atoms with van der Waals surface area (Å²) >= 11 is 0. The summed E-state index contributed by atoms with van der Waals surface area (Å²) in [4.78, 5) is 45.4. The van der Waals surface area contributed by atoms with E-state index in [1.165, 1.54) is 6.20 Å². The molecule has 1 aromatic carbocycles. The fraction of sp³-hybridized carbons (Fsp3) is 0.476. The molecule has 0 unspecified atom stereocenters. The molecule has 1 N–H and O–H groups in total. The predicted molar refractivity (Wildman–Crippen MR) is 120 cm³/mol. The van der Waals surface area contributed by atoms with Gasteiger partial charge in [-0.1, -0.05) is 12.1 Å². The van der Waals surface area contributed by atoms with Gasteiger partial charge in [0.05, 0.1) is 6.20 Å². The molecule has 0 aliphatic carbocycles. The first-order chi connectivity index (χ1) is 14.7. The summed E-state index contributed by atoms with van der Waals surface area (Å²) in [7, 11) is 0. The fourth-order valence-electron chi connectivity index (χ4n) is 2.86. The SMILES string of the molecule is CCN(CC)c1ncc(N=O)c(N[C@@H](Cc2ccc(N=O)cc2)C(=O)OC(C)(C)C)n1. The Bertz CT molecular complexity index is 907. The van der Waals surface area contributed by atoms with Gasteiger partial charge >= 0.3 is 5.97 Å². The lowest BCUT2D eigenvalue weighted by molar-refractivity contribution is -0.155. The molecule has 10 heteroatoms. The Morgan fingerprint density at radius 3 is 2.29 bits per heavy atom. The van der Waals surface area contributed by atoms with Crippen LogP contribution in [0.2, 0.25) is 0 Å². The molecular weight excluding hydrogens is 400 g/mol. The average molecular weight is 428 g/mol. The first-order valence-electron chi connectivity index (χ1n) is 10.1. The maximum absolute atomic E-state index is 12.9. The molecular formula is C21H28N6O4. The smallest absolute Gasteiger partial charge is 0.329 e. The normalized spacial score (nSPS) is 12.0. The number of nitrogens with zero attached hydrogens (tertiary/aromatic N) is 5. The number of hydrogen-bond donors (Lipinski definition) is 1. The van der Waals surface area contributed by atoms with Gasteiger partial charge in [0.15, 0.2) is 11.5 Å². The van der Waals surface area contributed by atoms with Crippen molar-refractivity contribution < 1.29 is 9.53 Å². The molecule has 0 bridgehead atoms. The van der Waals surface area contributed by atoms with Crippen LogP contribution in [0.15, 0.2) is 40.8 Å². The molecule has 0 aliphatic rings. The van der Waals surface area contributed by atoms with Crippen molar-refractivity contribution in [2.75, 3.05) is 23.3 Å². The number of carbonyl (C=O) groups excluding carboxylic acids is 1. The van der Waals surface area contributed by atoms with Crippen LogP contribution < -0.4 is 10.2 Å². The van der Waals surface area contributed by atoms with Crippen molar-refractivity contribution in [3.8, 4) is 0 Å². The molecule has 0 spiro atoms. The topological polar surface area (TPSA) is 126 Å². The summed E-state index contributed by atoms with van der Waals surface area (Å²) in [6.45, 7) is 10.6. The van der Waals surface area contributed by atoms with Crippen molar-refractivity contribution >= 4 is 29.1 Å². The van der Waals surface area contributed by atoms with Crippen LogP contribution in [0.4, 0.5) is 23.1 Å². The molecule has 166 valence electrons. The first-order valence-corrected chi connectivity index (χ1v) is 10.1. The highest BCUT2D eigenvalue weighted by atomic mass is 16.6. The zero-order valence-corrected chi connectivity index (χ0v) is 18.5. The molecule has 0 amide bonds. The van der Waals surface area contributed by atoms with Gasteiger partial charge in [0.25, 0.3) is 0 Å². The highest BCUT2D eigenvalue weighted by Crippen LogP contribution is 2.26. The number of benzene rings is 1. The molecule has 0 aliphatic heterocycles. The van der Waals surface area contributed by atoms with Crippen molar-refractivity contribution in [1.82, 2.24) is 9.97 Å². The van der Waals surface area contributed by atoms with Gasteiger partial charge in [-0.25, -0.2) is 9.78 Å². The lowest BCUT2D eigenvalue weighted by atomic mass is 10.0. The number of aromatic nitrogens is 2. The Labute approximate surface area is 181 Å². The summed E-state index contributed by atoms with van der Waals surface area (Å²) in [6.07, 6.45) is 1.56. The van der Waals surface area contributed by atoms with Gasteiger partial charge in [-0.2, -0.15) is 4.98 Å². The van der Waals surface area contributed by atoms with E-state index in [4.69, 9.17) is 4.74 Å². The maximum atomic E-state index is 12.9. The molecule has 1 heterocycles. The van der Waals surface area contributed by atoms with Crippen LogP contribution in [0.5, 0.6) is 0 Å². The van der Waals surface area contributed by atoms with E-state index in [0.717, 1.165) is 5.56 Å². The Balaban J connectivity index is 2.38. The van der Waals surface area contributed by atoms with Crippen LogP contribution in [0, 0.1) is 9.81 Å². The number of esters is 1. The van der Waals surface area contributed by atoms with Crippen LogP contribution in [0.3, 0.4) is 0 Å². The summed E-state index contributed by atoms with van der Waals surface area (Å²) in [5.41, 5.74) is 0.350. The van der Waals surface area contributed by atoms with Crippen molar-refractivity contribution in [3.63, 3.8) is 0 Å². The Hall–Kier alpha value is -3.43. The average Bonchev–Trinajstić information content (AvgIpc) is 2.73. The zero-order chi connectivity index (χ0) is 23.0. The van der Waals surface area contributed by atoms with Gasteiger partial charge in [-0.05, 0) is 62.7 Å². The molecule has 10 nitrogen and oxygen atoms in total. The second-order valence-corrected chi connectivity index (χ2v) is 7.86. The van der Waals surface area contributed by atoms with E-state index >= 15 is 0 Å². The van der Waals surface area contributed by atoms with Crippen molar-refractivity contribution in [3.05, 3.63) is 45.8 Å². The molecule has 0 radical (unpaired) electrons. The number of anilines is 2. The summed E-state index contributed by atoms with van der Waals surface area (Å²) in [6, 6.07) is 5.69. The fourth-order valence-corrected chi connectivity index (χ4v) is 2.86. The number of nitrogens with one attached hydrogen (secondary N) is 1. The minimum atomic E-state index is -0.853. The lowest BCUT2D eigenvalue weighted by Crippen LogP contribution is -2.38. The highest BCUT2D eigenvalue weighted by Gasteiger charge is 2.27. The monoisotopic (exact) mass is 428 g/mol. The zero-order valence-electron chi connectivity index (χ0n) is 18.5. The number of nitroso groups, excluding NO2 is 2. The molecule has 0 saturated heterocycles. The van der Waals surface area contributed by atoms with E-state index in [-0.39, 0.29) is 23.6 Å². The van der Waals surface area contributed by atoms with E-state index in [1.54, 1.807) is 45.0 Å². The van der Waals surface area contributed by atoms with E-state index in [1.807, 2.05) is 18.7 Å². The van der Waals surface area contributed by atoms with Crippen LogP contribution in [0.1, 0.15) is 40.2 Å². The quantitative estimate of drug-likeness (QED) is 0.433. The maximum Gasteiger partial charge on any atom is 0.329 e. The largest absolute Gasteiger partial charge is 0.458 e. The molecule has 31 heavy (non-hydrogen) atoms. The number of carbonyl (C=O) groups is 1. The van der Waals surface area contributed by atoms with Crippen molar-refractivity contribution in [1.29, 1.82) is 0 Å². The molecule has 1 aromatic heterocycles. The number of ether oxygens (including phenoxy) is 1. The standard InChI is InChI=1S/C21H28N6O4/c1-6-27(7-2)20-22-13-17(26-30)18(24-20)23-16(19(28)31-21(3,4)5)12-14-8-10-15(25-29)11-9-14/h8-11,13,16H,6-7,12H2,1-5H3,(H,22,23,24)/t16-/m0/s1. The van der Waals surface area contributed by atoms with Gasteiger partial charge in [-0.3, -0.25) is 0 Å². The van der Waals surface area contributed by atoms with Gasteiger partial charge in [0.1, 0.15) is 17.3 Å². The van der Waals surface area contributed by atoms with Crippen molar-refractivity contribution in [2.45, 2.75) is 52.7 Å². The molecule has 0 saturated carbocycles. The summed E-state index contributed by atoms with van der Waals surface area (Å²) in [5, 5.41) is 8.88. The number of rotatable bonds is 10. The highest BCUT2D eigenvalue weighted by molar-refractivity contribution is 5.81. The summed E-state index contributed by atoms with van der Waals surface area (Å²) in [5.74, 6) is 0.0584. The van der Waals surface area contributed by atoms with Gasteiger partial charge in [0.2, 0.25) is 5.95 Å². The van der Waals surface area contributed by atoms with E-state index in [2.05, 4.69) is 25.6 Å². The van der Waals surface area contributed by atoms with Gasteiger partial charge in [0, 0.05) is 19.5 Å².